The number of benzene rings is 1. The van der Waals surface area contributed by atoms with Crippen LogP contribution in [-0.4, -0.2) is 41.5 Å². The van der Waals surface area contributed by atoms with E-state index in [1.807, 2.05) is 0 Å². The van der Waals surface area contributed by atoms with Gasteiger partial charge in [-0.05, 0) is 38.1 Å². The van der Waals surface area contributed by atoms with Gasteiger partial charge in [0.15, 0.2) is 18.2 Å². The van der Waals surface area contributed by atoms with Gasteiger partial charge in [0, 0.05) is 29.9 Å². The molecule has 0 amide bonds. The van der Waals surface area contributed by atoms with Crippen LogP contribution < -0.4 is 15.8 Å². The van der Waals surface area contributed by atoms with E-state index in [4.69, 9.17) is 10.5 Å². The highest BCUT2D eigenvalue weighted by Gasteiger charge is 2.38. The third kappa shape index (κ3) is 6.31. The number of hydroxylamine groups is 3. The topological polar surface area (TPSA) is 110 Å². The van der Waals surface area contributed by atoms with E-state index in [2.05, 4.69) is 15.0 Å². The Bertz CT molecular complexity index is 1140. The number of halogens is 3. The number of alkyl halides is 3. The van der Waals surface area contributed by atoms with Gasteiger partial charge in [0.25, 0.3) is 0 Å². The SMILES string of the molecule is CN/C(=C\C(C)=C(/N)OCC(F)(F)F)C(C)[N+]1([O-])Cc2ccnc(C(=O)Oc3ccccc3)c2C1. The van der Waals surface area contributed by atoms with E-state index in [-0.39, 0.29) is 30.2 Å². The third-order valence-corrected chi connectivity index (χ3v) is 5.76. The summed E-state index contributed by atoms with van der Waals surface area (Å²) >= 11 is 0. The van der Waals surface area contributed by atoms with Gasteiger partial charge in [-0.3, -0.25) is 0 Å². The lowest BCUT2D eigenvalue weighted by atomic mass is 10.1. The van der Waals surface area contributed by atoms with Gasteiger partial charge in [0.05, 0.1) is 5.70 Å². The number of allylic oxidation sites excluding steroid dienone is 2. The van der Waals surface area contributed by atoms with Gasteiger partial charge >= 0.3 is 12.1 Å². The van der Waals surface area contributed by atoms with Crippen molar-refractivity contribution in [3.05, 3.63) is 87.9 Å². The molecule has 1 aliphatic heterocycles. The van der Waals surface area contributed by atoms with Crippen LogP contribution >= 0.6 is 0 Å². The molecule has 2 unspecified atom stereocenters. The molecule has 0 aliphatic carbocycles. The molecule has 2 atom stereocenters. The summed E-state index contributed by atoms with van der Waals surface area (Å²) in [7, 11) is 1.60. The molecule has 2 aromatic rings. The molecule has 0 fully saturated rings. The molecule has 1 aromatic heterocycles. The van der Waals surface area contributed by atoms with E-state index in [1.165, 1.54) is 19.2 Å². The molecule has 1 aromatic carbocycles. The van der Waals surface area contributed by atoms with Crippen LogP contribution in [-0.2, 0) is 17.8 Å². The lowest BCUT2D eigenvalue weighted by Crippen LogP contribution is -2.47. The Hall–Kier alpha value is -3.57. The minimum Gasteiger partial charge on any atom is -0.632 e. The maximum atomic E-state index is 13.9. The van der Waals surface area contributed by atoms with E-state index in [0.29, 0.717) is 22.6 Å². The van der Waals surface area contributed by atoms with Crippen LogP contribution in [0, 0.1) is 5.21 Å². The average molecular weight is 492 g/mol. The highest BCUT2D eigenvalue weighted by molar-refractivity contribution is 5.91. The number of hydrogen-bond donors (Lipinski definition) is 2. The summed E-state index contributed by atoms with van der Waals surface area (Å²) in [5.74, 6) is -0.689. The second kappa shape index (κ2) is 10.4. The summed E-state index contributed by atoms with van der Waals surface area (Å²) in [6.45, 7) is 1.71. The van der Waals surface area contributed by atoms with Crippen molar-refractivity contribution in [1.82, 2.24) is 10.3 Å². The van der Waals surface area contributed by atoms with Crippen LogP contribution in [0.1, 0.15) is 35.5 Å². The number of pyridine rings is 1. The number of carbonyl (C=O) groups is 1. The normalized spacial score (nSPS) is 19.5. The van der Waals surface area contributed by atoms with Crippen molar-refractivity contribution < 1.29 is 32.1 Å². The van der Waals surface area contributed by atoms with E-state index in [0.717, 1.165) is 0 Å². The van der Waals surface area contributed by atoms with Crippen molar-refractivity contribution in [2.24, 2.45) is 5.73 Å². The number of fused-ring (bicyclic) bond motifs is 1. The number of hydrogen-bond acceptors (Lipinski definition) is 7. The number of nitrogens with two attached hydrogens (primary N) is 1. The Labute approximate surface area is 201 Å². The maximum Gasteiger partial charge on any atom is 0.422 e. The summed E-state index contributed by atoms with van der Waals surface area (Å²) < 4.78 is 46.5. The zero-order valence-electron chi connectivity index (χ0n) is 19.6. The van der Waals surface area contributed by atoms with Gasteiger partial charge in [-0.2, -0.15) is 13.2 Å². The first kappa shape index (κ1) is 26.0. The average Bonchev–Trinajstić information content (AvgIpc) is 3.17. The third-order valence-electron chi connectivity index (χ3n) is 5.76. The smallest absolute Gasteiger partial charge is 0.422 e. The molecule has 188 valence electrons. The van der Waals surface area contributed by atoms with Crippen LogP contribution in [0.15, 0.2) is 65.8 Å². The van der Waals surface area contributed by atoms with Crippen LogP contribution in [0.25, 0.3) is 0 Å². The molecular weight excluding hydrogens is 465 g/mol. The Balaban J connectivity index is 1.81. The second-order valence-corrected chi connectivity index (χ2v) is 8.25. The minimum absolute atomic E-state index is 0.0363. The first-order chi connectivity index (χ1) is 16.4. The van der Waals surface area contributed by atoms with E-state index in [1.54, 1.807) is 50.4 Å². The molecule has 2 heterocycles. The quantitative estimate of drug-likeness (QED) is 0.144. The zero-order chi connectivity index (χ0) is 25.8. The fraction of sp³-hybridized carbons (Fsp3) is 0.333. The number of nitrogens with zero attached hydrogens (tertiary/aromatic N) is 2. The van der Waals surface area contributed by atoms with Gasteiger partial charge < -0.3 is 30.4 Å². The monoisotopic (exact) mass is 492 g/mol. The maximum absolute atomic E-state index is 13.9. The zero-order valence-corrected chi connectivity index (χ0v) is 19.6. The summed E-state index contributed by atoms with van der Waals surface area (Å²) in [4.78, 5) is 16.9. The van der Waals surface area contributed by atoms with Crippen molar-refractivity contribution in [2.75, 3.05) is 13.7 Å². The van der Waals surface area contributed by atoms with Crippen molar-refractivity contribution in [3.63, 3.8) is 0 Å². The molecule has 0 radical (unpaired) electrons. The van der Waals surface area contributed by atoms with Crippen LogP contribution in [0.2, 0.25) is 0 Å². The Morgan fingerprint density at radius 2 is 1.97 bits per heavy atom. The van der Waals surface area contributed by atoms with Crippen molar-refractivity contribution in [2.45, 2.75) is 39.2 Å². The highest BCUT2D eigenvalue weighted by Crippen LogP contribution is 2.35. The van der Waals surface area contributed by atoms with Crippen LogP contribution in [0.5, 0.6) is 5.75 Å². The molecule has 0 bridgehead atoms. The van der Waals surface area contributed by atoms with E-state index < -0.39 is 29.4 Å². The van der Waals surface area contributed by atoms with Crippen molar-refractivity contribution in [1.29, 1.82) is 0 Å². The Morgan fingerprint density at radius 1 is 1.29 bits per heavy atom. The number of nitrogens with one attached hydrogen (secondary N) is 1. The summed E-state index contributed by atoms with van der Waals surface area (Å²) in [5.41, 5.74) is 7.59. The molecular formula is C24H27F3N4O4. The van der Waals surface area contributed by atoms with E-state index in [9.17, 15) is 23.2 Å². The molecule has 0 saturated carbocycles. The molecule has 1 aliphatic rings. The number of quaternary nitrogens is 1. The first-order valence-corrected chi connectivity index (χ1v) is 10.8. The molecule has 3 N–H and O–H groups in total. The summed E-state index contributed by atoms with van der Waals surface area (Å²) in [6.07, 6.45) is -1.58. The number of ether oxygens (including phenoxy) is 2. The number of aromatic nitrogens is 1. The predicted octanol–water partition coefficient (Wildman–Crippen LogP) is 3.89. The Morgan fingerprint density at radius 3 is 2.60 bits per heavy atom. The molecule has 0 saturated heterocycles. The number of carbonyl (C=O) groups excluding carboxylic acids is 1. The number of likely N-dealkylation sites (N-methyl/N-ethyl adjacent to an activating group) is 1. The van der Waals surface area contributed by atoms with Crippen molar-refractivity contribution in [3.8, 4) is 5.75 Å². The summed E-state index contributed by atoms with van der Waals surface area (Å²) in [6, 6.07) is 9.56. The molecule has 0 spiro atoms. The van der Waals surface area contributed by atoms with Crippen LogP contribution in [0.4, 0.5) is 13.2 Å². The fourth-order valence-electron chi connectivity index (χ4n) is 3.80. The minimum atomic E-state index is -4.52. The van der Waals surface area contributed by atoms with Gasteiger partial charge in [0.1, 0.15) is 24.9 Å². The largest absolute Gasteiger partial charge is 0.632 e. The molecule has 8 nitrogen and oxygen atoms in total. The van der Waals surface area contributed by atoms with Gasteiger partial charge in [-0.25, -0.2) is 9.78 Å². The number of para-hydroxylation sites is 1. The van der Waals surface area contributed by atoms with Gasteiger partial charge in [-0.1, -0.05) is 18.2 Å². The van der Waals surface area contributed by atoms with Crippen LogP contribution in [0.3, 0.4) is 0 Å². The molecule has 11 heteroatoms. The summed E-state index contributed by atoms with van der Waals surface area (Å²) in [5, 5.41) is 16.8. The lowest BCUT2D eigenvalue weighted by Gasteiger charge is -2.44. The second-order valence-electron chi connectivity index (χ2n) is 8.25. The van der Waals surface area contributed by atoms with E-state index >= 15 is 0 Å². The van der Waals surface area contributed by atoms with Crippen molar-refractivity contribution >= 4 is 5.97 Å². The first-order valence-electron chi connectivity index (χ1n) is 10.8. The lowest BCUT2D eigenvalue weighted by molar-refractivity contribution is -0.917. The highest BCUT2D eigenvalue weighted by atomic mass is 19.4. The molecule has 35 heavy (non-hydrogen) atoms. The molecule has 3 rings (SSSR count). The van der Waals surface area contributed by atoms with Gasteiger partial charge in [-0.15, -0.1) is 0 Å². The van der Waals surface area contributed by atoms with Gasteiger partial charge in [0.2, 0.25) is 0 Å². The predicted molar refractivity (Wildman–Crippen MR) is 122 cm³/mol. The number of rotatable bonds is 8. The fourth-order valence-corrected chi connectivity index (χ4v) is 3.80. The Kier molecular flexibility index (Phi) is 7.71. The number of esters is 1. The standard InChI is InChI=1S/C24H27F3N4O4/c1-15(22(28)34-14-24(25,26)27)11-20(29-3)16(2)31(33)12-17-9-10-30-21(19(17)13-31)23(32)35-18-7-5-4-6-8-18/h4-11,16,29H,12-14,28H2,1-3H3/b20-11-,22-15+.